The molecule has 3 rings (SSSR count). The van der Waals surface area contributed by atoms with Crippen LogP contribution < -0.4 is 4.74 Å². The summed E-state index contributed by atoms with van der Waals surface area (Å²) in [6.07, 6.45) is 3.72. The van der Waals surface area contributed by atoms with Crippen molar-refractivity contribution in [1.29, 1.82) is 0 Å². The molecule has 3 heteroatoms. The number of hydrogen-bond acceptors (Lipinski definition) is 3. The van der Waals surface area contributed by atoms with Crippen LogP contribution in [-0.4, -0.2) is 25.6 Å². The van der Waals surface area contributed by atoms with Crippen LogP contribution in [-0.2, 0) is 16.0 Å². The zero-order chi connectivity index (χ0) is 20.5. The van der Waals surface area contributed by atoms with E-state index in [2.05, 4.69) is 30.9 Å². The minimum Gasteiger partial charge on any atom is -0.493 e. The van der Waals surface area contributed by atoms with Gasteiger partial charge in [0.25, 0.3) is 0 Å². The molecule has 0 aromatic heterocycles. The fraction of sp³-hybridized carbons (Fsp3) is 0.423. The lowest BCUT2D eigenvalue weighted by molar-refractivity contribution is -0.117. The van der Waals surface area contributed by atoms with Crippen molar-refractivity contribution in [2.75, 3.05) is 19.8 Å². The summed E-state index contributed by atoms with van der Waals surface area (Å²) in [5.41, 5.74) is 3.21. The lowest BCUT2D eigenvalue weighted by Crippen LogP contribution is -2.21. The number of ether oxygens (including phenoxy) is 2. The molecule has 0 saturated carbocycles. The van der Waals surface area contributed by atoms with Crippen molar-refractivity contribution in [3.63, 3.8) is 0 Å². The van der Waals surface area contributed by atoms with Crippen LogP contribution in [0.1, 0.15) is 49.8 Å². The molecular weight excluding hydrogens is 360 g/mol. The average molecular weight is 391 g/mol. The van der Waals surface area contributed by atoms with Gasteiger partial charge in [-0.2, -0.15) is 0 Å². The summed E-state index contributed by atoms with van der Waals surface area (Å²) in [5.74, 6) is 8.54. The molecule has 1 saturated heterocycles. The Balaban J connectivity index is 1.50. The molecule has 0 aliphatic carbocycles. The maximum absolute atomic E-state index is 11.2. The monoisotopic (exact) mass is 390 g/mol. The lowest BCUT2D eigenvalue weighted by Gasteiger charge is -2.22. The predicted molar refractivity (Wildman–Crippen MR) is 116 cm³/mol. The number of benzene rings is 2. The molecule has 1 aliphatic rings. The van der Waals surface area contributed by atoms with Gasteiger partial charge in [-0.05, 0) is 80.0 Å². The number of carbonyl (C=O) groups excluding carboxylic acids is 1. The maximum atomic E-state index is 11.2. The zero-order valence-electron chi connectivity index (χ0n) is 17.4. The SMILES string of the molecule is CC(=O)CC(C)Cc1ccc(C#Cc2ccc(OCC3CCOCC3)cc2)cc1. The first-order valence-electron chi connectivity index (χ1n) is 10.5. The molecule has 0 amide bonds. The highest BCUT2D eigenvalue weighted by atomic mass is 16.5. The van der Waals surface area contributed by atoms with Crippen LogP contribution in [0, 0.1) is 23.7 Å². The Bertz CT molecular complexity index is 834. The van der Waals surface area contributed by atoms with E-state index in [1.165, 1.54) is 5.56 Å². The maximum Gasteiger partial charge on any atom is 0.130 e. The molecule has 0 radical (unpaired) electrons. The number of ketones is 1. The van der Waals surface area contributed by atoms with Gasteiger partial charge in [0.05, 0.1) is 6.61 Å². The summed E-state index contributed by atoms with van der Waals surface area (Å²) in [4.78, 5) is 11.2. The summed E-state index contributed by atoms with van der Waals surface area (Å²) in [6.45, 7) is 6.22. The van der Waals surface area contributed by atoms with Gasteiger partial charge in [0.15, 0.2) is 0 Å². The third-order valence-corrected chi connectivity index (χ3v) is 5.21. The fourth-order valence-electron chi connectivity index (χ4n) is 3.60. The molecule has 1 heterocycles. The zero-order valence-corrected chi connectivity index (χ0v) is 17.4. The molecule has 1 unspecified atom stereocenters. The Morgan fingerprint density at radius 2 is 1.62 bits per heavy atom. The van der Waals surface area contributed by atoms with E-state index in [4.69, 9.17) is 9.47 Å². The number of hydrogen-bond donors (Lipinski definition) is 0. The first-order valence-corrected chi connectivity index (χ1v) is 10.5. The first kappa shape index (κ1) is 21.1. The molecule has 3 nitrogen and oxygen atoms in total. The van der Waals surface area contributed by atoms with E-state index >= 15 is 0 Å². The molecule has 0 N–H and O–H groups in total. The average Bonchev–Trinajstić information content (AvgIpc) is 2.73. The predicted octanol–water partition coefficient (Wildman–Crippen LogP) is 5.05. The number of Topliss-reactive ketones (excluding diaryl/α,β-unsaturated/α-hetero) is 1. The van der Waals surface area contributed by atoms with Gasteiger partial charge in [-0.15, -0.1) is 0 Å². The number of rotatable bonds is 7. The van der Waals surface area contributed by atoms with E-state index in [1.807, 2.05) is 36.4 Å². The van der Waals surface area contributed by atoms with Crippen molar-refractivity contribution in [2.24, 2.45) is 11.8 Å². The van der Waals surface area contributed by atoms with Gasteiger partial charge >= 0.3 is 0 Å². The normalized spacial score (nSPS) is 15.2. The third kappa shape index (κ3) is 7.40. The number of carbonyl (C=O) groups is 1. The highest BCUT2D eigenvalue weighted by molar-refractivity contribution is 5.75. The second kappa shape index (κ2) is 10.8. The van der Waals surface area contributed by atoms with Gasteiger partial charge in [-0.25, -0.2) is 0 Å². The summed E-state index contributed by atoms with van der Waals surface area (Å²) >= 11 is 0. The van der Waals surface area contributed by atoms with Crippen LogP contribution in [0.2, 0.25) is 0 Å². The summed E-state index contributed by atoms with van der Waals surface area (Å²) in [7, 11) is 0. The van der Waals surface area contributed by atoms with Crippen molar-refractivity contribution in [3.8, 4) is 17.6 Å². The lowest BCUT2D eigenvalue weighted by atomic mass is 9.96. The van der Waals surface area contributed by atoms with Crippen LogP contribution in [0.4, 0.5) is 0 Å². The van der Waals surface area contributed by atoms with Gasteiger partial charge in [0, 0.05) is 30.8 Å². The van der Waals surface area contributed by atoms with Crippen molar-refractivity contribution in [3.05, 3.63) is 65.2 Å². The Hall–Kier alpha value is -2.57. The molecule has 29 heavy (non-hydrogen) atoms. The van der Waals surface area contributed by atoms with Crippen LogP contribution in [0.3, 0.4) is 0 Å². The summed E-state index contributed by atoms with van der Waals surface area (Å²) < 4.78 is 11.3. The third-order valence-electron chi connectivity index (χ3n) is 5.21. The van der Waals surface area contributed by atoms with Crippen molar-refractivity contribution in [1.82, 2.24) is 0 Å². The molecule has 1 aliphatic heterocycles. The van der Waals surface area contributed by atoms with Crippen molar-refractivity contribution < 1.29 is 14.3 Å². The second-order valence-corrected chi connectivity index (χ2v) is 8.05. The molecule has 0 spiro atoms. The van der Waals surface area contributed by atoms with Crippen molar-refractivity contribution >= 4 is 5.78 Å². The van der Waals surface area contributed by atoms with Gasteiger partial charge < -0.3 is 14.3 Å². The Morgan fingerprint density at radius 3 is 2.21 bits per heavy atom. The van der Waals surface area contributed by atoms with Crippen LogP contribution >= 0.6 is 0 Å². The van der Waals surface area contributed by atoms with E-state index in [1.54, 1.807) is 6.92 Å². The first-order chi connectivity index (χ1) is 14.1. The largest absolute Gasteiger partial charge is 0.493 e. The van der Waals surface area contributed by atoms with Crippen LogP contribution in [0.15, 0.2) is 48.5 Å². The van der Waals surface area contributed by atoms with Gasteiger partial charge in [-0.3, -0.25) is 0 Å². The smallest absolute Gasteiger partial charge is 0.130 e. The van der Waals surface area contributed by atoms with E-state index in [9.17, 15) is 4.79 Å². The molecule has 1 atom stereocenters. The van der Waals surface area contributed by atoms with E-state index in [-0.39, 0.29) is 5.78 Å². The molecular formula is C26H30O3. The molecule has 2 aromatic rings. The van der Waals surface area contributed by atoms with E-state index in [0.717, 1.165) is 56.0 Å². The standard InChI is InChI=1S/C26H30O3/c1-20(17-21(2)27)18-24-7-5-22(6-8-24)3-4-23-9-11-26(12-10-23)29-19-25-13-15-28-16-14-25/h5-12,20,25H,13-19H2,1-2H3. The molecule has 152 valence electrons. The Morgan fingerprint density at radius 1 is 1.03 bits per heavy atom. The van der Waals surface area contributed by atoms with Crippen LogP contribution in [0.25, 0.3) is 0 Å². The Labute approximate surface area is 174 Å². The summed E-state index contributed by atoms with van der Waals surface area (Å²) in [6, 6.07) is 16.3. The minimum absolute atomic E-state index is 0.250. The minimum atomic E-state index is 0.250. The quantitative estimate of drug-likeness (QED) is 0.621. The van der Waals surface area contributed by atoms with E-state index < -0.39 is 0 Å². The highest BCUT2D eigenvalue weighted by Crippen LogP contribution is 2.18. The topological polar surface area (TPSA) is 35.5 Å². The van der Waals surface area contributed by atoms with Gasteiger partial charge in [0.2, 0.25) is 0 Å². The van der Waals surface area contributed by atoms with Crippen molar-refractivity contribution in [2.45, 2.75) is 39.5 Å². The van der Waals surface area contributed by atoms with Crippen LogP contribution in [0.5, 0.6) is 5.75 Å². The Kier molecular flexibility index (Phi) is 7.90. The molecule has 1 fully saturated rings. The molecule has 0 bridgehead atoms. The second-order valence-electron chi connectivity index (χ2n) is 8.05. The highest BCUT2D eigenvalue weighted by Gasteiger charge is 2.14. The fourth-order valence-corrected chi connectivity index (χ4v) is 3.60. The van der Waals surface area contributed by atoms with E-state index in [0.29, 0.717) is 18.3 Å². The molecule has 2 aromatic carbocycles. The summed E-state index contributed by atoms with van der Waals surface area (Å²) in [5, 5.41) is 0. The van der Waals surface area contributed by atoms with Gasteiger partial charge in [0.1, 0.15) is 11.5 Å². The van der Waals surface area contributed by atoms with Gasteiger partial charge in [-0.1, -0.05) is 30.9 Å².